The minimum atomic E-state index is -0.998. The van der Waals surface area contributed by atoms with Crippen molar-refractivity contribution in [2.45, 2.75) is 38.8 Å². The van der Waals surface area contributed by atoms with Crippen LogP contribution in [-0.4, -0.2) is 58.3 Å². The second-order valence-electron chi connectivity index (χ2n) is 10.2. The van der Waals surface area contributed by atoms with Crippen molar-refractivity contribution in [3.63, 3.8) is 0 Å². The highest BCUT2D eigenvalue weighted by Gasteiger charge is 2.37. The highest BCUT2D eigenvalue weighted by Crippen LogP contribution is 2.37. The number of nitrogens with one attached hydrogen (secondary N) is 1. The normalized spacial score (nSPS) is 21.6. The molecule has 186 valence electrons. The quantitative estimate of drug-likeness (QED) is 0.501. The zero-order chi connectivity index (χ0) is 25.6. The van der Waals surface area contributed by atoms with Crippen LogP contribution in [0, 0.1) is 16.7 Å². The molecule has 2 atom stereocenters. The van der Waals surface area contributed by atoms with Gasteiger partial charge in [-0.1, -0.05) is 13.8 Å². The Morgan fingerprint density at radius 1 is 1.22 bits per heavy atom. The molecule has 1 aromatic carbocycles. The number of hydrogen-bond acceptors (Lipinski definition) is 7. The molecule has 2 aliphatic heterocycles. The summed E-state index contributed by atoms with van der Waals surface area (Å²) in [6.45, 7) is 6.35. The maximum absolute atomic E-state index is 12.4. The number of aliphatic hydroxyl groups excluding tert-OH is 1. The van der Waals surface area contributed by atoms with Crippen molar-refractivity contribution in [3.05, 3.63) is 53.9 Å². The van der Waals surface area contributed by atoms with Gasteiger partial charge in [0.1, 0.15) is 6.10 Å². The van der Waals surface area contributed by atoms with Crippen molar-refractivity contribution in [1.29, 1.82) is 5.26 Å². The number of aromatic nitrogens is 2. The van der Waals surface area contributed by atoms with Gasteiger partial charge in [-0.05, 0) is 36.8 Å². The number of nitrogens with two attached hydrogens (primary N) is 1. The summed E-state index contributed by atoms with van der Waals surface area (Å²) in [5, 5.41) is 26.9. The van der Waals surface area contributed by atoms with Crippen molar-refractivity contribution in [2.24, 2.45) is 11.1 Å². The summed E-state index contributed by atoms with van der Waals surface area (Å²) in [6.07, 6.45) is 3.36. The molecule has 5 rings (SSSR count). The first-order valence-corrected chi connectivity index (χ1v) is 12.0. The van der Waals surface area contributed by atoms with Gasteiger partial charge in [0.15, 0.2) is 0 Å². The van der Waals surface area contributed by atoms with Gasteiger partial charge >= 0.3 is 0 Å². The summed E-state index contributed by atoms with van der Waals surface area (Å²) in [6, 6.07) is 11.6. The first-order chi connectivity index (χ1) is 17.2. The lowest BCUT2D eigenvalue weighted by atomic mass is 9.78. The number of hydrogen-bond donors (Lipinski definition) is 3. The topological polar surface area (TPSA) is 140 Å². The van der Waals surface area contributed by atoms with E-state index in [0.29, 0.717) is 35.4 Å². The van der Waals surface area contributed by atoms with Gasteiger partial charge in [-0.2, -0.15) is 10.4 Å². The fourth-order valence-corrected chi connectivity index (χ4v) is 5.22. The summed E-state index contributed by atoms with van der Waals surface area (Å²) in [7, 11) is 0. The number of fused-ring (bicyclic) bond motifs is 1. The van der Waals surface area contributed by atoms with Crippen molar-refractivity contribution in [3.8, 4) is 6.07 Å². The number of carbonyl (C=O) groups excluding carboxylic acids is 2. The summed E-state index contributed by atoms with van der Waals surface area (Å²) in [5.74, 6) is -0.928. The van der Waals surface area contributed by atoms with Crippen molar-refractivity contribution >= 4 is 34.4 Å². The van der Waals surface area contributed by atoms with Crippen molar-refractivity contribution in [2.75, 3.05) is 34.8 Å². The van der Waals surface area contributed by atoms with Gasteiger partial charge in [-0.25, -0.2) is 4.52 Å². The molecule has 0 bridgehead atoms. The summed E-state index contributed by atoms with van der Waals surface area (Å²) in [5.41, 5.74) is 9.36. The molecule has 2 amide bonds. The molecule has 0 spiro atoms. The lowest BCUT2D eigenvalue weighted by molar-refractivity contribution is -0.123. The van der Waals surface area contributed by atoms with Crippen LogP contribution in [0.2, 0.25) is 0 Å². The minimum absolute atomic E-state index is 0.0324. The van der Waals surface area contributed by atoms with E-state index in [0.717, 1.165) is 25.2 Å². The average Bonchev–Trinajstić information content (AvgIpc) is 3.43. The van der Waals surface area contributed by atoms with Gasteiger partial charge in [0.2, 0.25) is 0 Å². The largest absolute Gasteiger partial charge is 0.383 e. The van der Waals surface area contributed by atoms with E-state index in [2.05, 4.69) is 35.2 Å². The minimum Gasteiger partial charge on any atom is -0.383 e. The molecule has 0 unspecified atom stereocenters. The number of primary amides is 1. The summed E-state index contributed by atoms with van der Waals surface area (Å²) >= 11 is 0. The lowest BCUT2D eigenvalue weighted by Crippen LogP contribution is -2.52. The van der Waals surface area contributed by atoms with Gasteiger partial charge < -0.3 is 26.0 Å². The van der Waals surface area contributed by atoms with Crippen molar-refractivity contribution in [1.82, 2.24) is 9.61 Å². The van der Waals surface area contributed by atoms with Crippen molar-refractivity contribution < 1.29 is 14.7 Å². The van der Waals surface area contributed by atoms with E-state index in [1.807, 2.05) is 24.3 Å². The van der Waals surface area contributed by atoms with Crippen LogP contribution in [0.5, 0.6) is 0 Å². The van der Waals surface area contributed by atoms with E-state index in [-0.39, 0.29) is 22.9 Å². The zero-order valence-electron chi connectivity index (χ0n) is 20.3. The molecule has 0 aliphatic carbocycles. The number of rotatable bonds is 5. The molecule has 10 nitrogen and oxygen atoms in total. The molecule has 2 saturated heterocycles. The van der Waals surface area contributed by atoms with Crippen LogP contribution in [0.3, 0.4) is 0 Å². The average molecular weight is 488 g/mol. The highest BCUT2D eigenvalue weighted by atomic mass is 16.3. The van der Waals surface area contributed by atoms with Gasteiger partial charge in [-0.3, -0.25) is 9.59 Å². The lowest BCUT2D eigenvalue weighted by Gasteiger charge is -2.46. The van der Waals surface area contributed by atoms with Gasteiger partial charge in [-0.15, -0.1) is 0 Å². The third kappa shape index (κ3) is 4.12. The van der Waals surface area contributed by atoms with Gasteiger partial charge in [0.25, 0.3) is 11.8 Å². The Kier molecular flexibility index (Phi) is 5.80. The molecule has 3 aromatic rings. The van der Waals surface area contributed by atoms with E-state index in [4.69, 9.17) is 11.0 Å². The van der Waals surface area contributed by atoms with Gasteiger partial charge in [0, 0.05) is 43.2 Å². The van der Waals surface area contributed by atoms with E-state index in [9.17, 15) is 14.7 Å². The molecular formula is C26H29N7O3. The van der Waals surface area contributed by atoms with E-state index in [1.165, 1.54) is 11.1 Å². The first-order valence-electron chi connectivity index (χ1n) is 12.0. The number of nitriles is 1. The number of anilines is 3. The summed E-state index contributed by atoms with van der Waals surface area (Å²) in [4.78, 5) is 28.5. The molecule has 0 radical (unpaired) electrons. The number of piperidine rings is 1. The molecule has 4 heterocycles. The predicted molar refractivity (Wildman–Crippen MR) is 136 cm³/mol. The van der Waals surface area contributed by atoms with Gasteiger partial charge in [0.05, 0.1) is 46.5 Å². The second kappa shape index (κ2) is 8.84. The Labute approximate surface area is 208 Å². The maximum atomic E-state index is 12.4. The molecule has 2 aliphatic rings. The van der Waals surface area contributed by atoms with Crippen LogP contribution in [-0.2, 0) is 4.79 Å². The van der Waals surface area contributed by atoms with Crippen LogP contribution in [0.4, 0.5) is 17.1 Å². The molecule has 2 aromatic heterocycles. The monoisotopic (exact) mass is 487 g/mol. The Morgan fingerprint density at radius 3 is 2.58 bits per heavy atom. The summed E-state index contributed by atoms with van der Waals surface area (Å²) < 4.78 is 1.63. The zero-order valence-corrected chi connectivity index (χ0v) is 20.3. The number of benzene rings is 1. The Hall–Kier alpha value is -4.10. The molecule has 10 heteroatoms. The molecule has 4 N–H and O–H groups in total. The third-order valence-corrected chi connectivity index (χ3v) is 7.29. The Bertz CT molecular complexity index is 1370. The van der Waals surface area contributed by atoms with Crippen LogP contribution in [0.15, 0.2) is 42.7 Å². The molecule has 0 saturated carbocycles. The fraction of sp³-hybridized carbons (Fsp3) is 0.385. The number of aliphatic hydroxyl groups is 1. The molecular weight excluding hydrogens is 458 g/mol. The highest BCUT2D eigenvalue weighted by molar-refractivity contribution is 6.03. The van der Waals surface area contributed by atoms with Crippen LogP contribution in [0.1, 0.15) is 42.6 Å². The fourth-order valence-electron chi connectivity index (χ4n) is 5.22. The number of carbonyl (C=O) groups is 2. The maximum Gasteiger partial charge on any atom is 0.255 e. The predicted octanol–water partition coefficient (Wildman–Crippen LogP) is 2.12. The first kappa shape index (κ1) is 23.6. The number of amides is 2. The standard InChI is InChI=1S/C26H29N7O3/c1-26(2)15-31(17-5-3-16(12-27)4-6-17)9-8-22(26)30-23-19(24(28)35)13-29-33-14-18(11-20(23)33)32-10-7-21(34)25(32)36/h3-6,11,13-14,21-22,30,34H,7-10,15H2,1-2H3,(H2,28,35)/t21-,22-/m1/s1. The van der Waals surface area contributed by atoms with E-state index in [1.54, 1.807) is 16.8 Å². The smallest absolute Gasteiger partial charge is 0.255 e. The molecule has 2 fully saturated rings. The second-order valence-corrected chi connectivity index (χ2v) is 10.2. The van der Waals surface area contributed by atoms with Crippen LogP contribution >= 0.6 is 0 Å². The van der Waals surface area contributed by atoms with Crippen LogP contribution < -0.4 is 20.9 Å². The third-order valence-electron chi connectivity index (χ3n) is 7.29. The van der Waals surface area contributed by atoms with E-state index >= 15 is 0 Å². The Morgan fingerprint density at radius 2 is 1.97 bits per heavy atom. The van der Waals surface area contributed by atoms with E-state index < -0.39 is 12.0 Å². The Balaban J connectivity index is 1.44. The SMILES string of the molecule is CC1(C)CN(c2ccc(C#N)cc2)CC[C@H]1Nc1c(C(N)=O)cnn2cc(N3CC[C@@H](O)C3=O)cc12. The number of nitrogens with zero attached hydrogens (tertiary/aromatic N) is 5. The van der Waals surface area contributed by atoms with Crippen LogP contribution in [0.25, 0.3) is 5.52 Å². The molecule has 36 heavy (non-hydrogen) atoms.